The number of aromatic nitrogens is 2. The number of nitrogens with one attached hydrogen (secondary N) is 1. The van der Waals surface area contributed by atoms with E-state index in [2.05, 4.69) is 18.3 Å². The number of hydrogen-bond donors (Lipinski definition) is 1. The second kappa shape index (κ2) is 6.91. The molecule has 1 amide bonds. The van der Waals surface area contributed by atoms with Gasteiger partial charge in [0.25, 0.3) is 5.91 Å². The molecule has 1 N–H and O–H groups in total. The lowest BCUT2D eigenvalue weighted by molar-refractivity contribution is 0.0782. The summed E-state index contributed by atoms with van der Waals surface area (Å²) >= 11 is 0. The van der Waals surface area contributed by atoms with Crippen LogP contribution in [0.25, 0.3) is 16.9 Å². The Hall–Kier alpha value is -2.92. The van der Waals surface area contributed by atoms with Crippen molar-refractivity contribution in [2.45, 2.75) is 6.92 Å². The van der Waals surface area contributed by atoms with Gasteiger partial charge in [-0.15, -0.1) is 0 Å². The number of hydrogen-bond acceptors (Lipinski definition) is 3. The first-order chi connectivity index (χ1) is 13.7. The highest BCUT2D eigenvalue weighted by atomic mass is 16.2. The number of amides is 1. The topological polar surface area (TPSA) is 50.2 Å². The summed E-state index contributed by atoms with van der Waals surface area (Å²) in [5, 5.41) is 8.27. The molecule has 5 nitrogen and oxygen atoms in total. The molecule has 3 heterocycles. The molecular formula is C23H24N4O. The molecule has 0 bridgehead atoms. The Morgan fingerprint density at radius 1 is 1.00 bits per heavy atom. The van der Waals surface area contributed by atoms with Crippen LogP contribution in [0, 0.1) is 18.8 Å². The Balaban J connectivity index is 1.57. The van der Waals surface area contributed by atoms with Gasteiger partial charge in [0, 0.05) is 37.9 Å². The van der Waals surface area contributed by atoms with Gasteiger partial charge >= 0.3 is 0 Å². The van der Waals surface area contributed by atoms with E-state index in [1.54, 1.807) is 0 Å². The van der Waals surface area contributed by atoms with Crippen molar-refractivity contribution in [1.82, 2.24) is 20.0 Å². The van der Waals surface area contributed by atoms with E-state index in [1.165, 1.54) is 0 Å². The summed E-state index contributed by atoms with van der Waals surface area (Å²) in [5.41, 5.74) is 4.55. The summed E-state index contributed by atoms with van der Waals surface area (Å²) in [4.78, 5) is 15.5. The largest absolute Gasteiger partial charge is 0.338 e. The van der Waals surface area contributed by atoms with Crippen LogP contribution in [0.2, 0.25) is 0 Å². The van der Waals surface area contributed by atoms with E-state index in [1.807, 2.05) is 64.3 Å². The predicted molar refractivity (Wildman–Crippen MR) is 109 cm³/mol. The summed E-state index contributed by atoms with van der Waals surface area (Å²) < 4.78 is 1.83. The molecule has 1 aromatic heterocycles. The van der Waals surface area contributed by atoms with Gasteiger partial charge < -0.3 is 10.2 Å². The molecule has 5 rings (SSSR count). The Morgan fingerprint density at radius 2 is 1.68 bits per heavy atom. The highest BCUT2D eigenvalue weighted by molar-refractivity contribution is 6.00. The zero-order chi connectivity index (χ0) is 19.1. The number of benzene rings is 2. The van der Waals surface area contributed by atoms with Gasteiger partial charge in [-0.25, -0.2) is 4.68 Å². The van der Waals surface area contributed by atoms with Crippen molar-refractivity contribution in [1.29, 1.82) is 0 Å². The summed E-state index contributed by atoms with van der Waals surface area (Å²) in [7, 11) is 0. The molecule has 2 aromatic carbocycles. The monoisotopic (exact) mass is 372 g/mol. The van der Waals surface area contributed by atoms with Crippen molar-refractivity contribution >= 4 is 5.91 Å². The summed E-state index contributed by atoms with van der Waals surface area (Å²) in [6, 6.07) is 18.1. The summed E-state index contributed by atoms with van der Waals surface area (Å²) in [6.07, 6.45) is 1.89. The fourth-order valence-corrected chi connectivity index (χ4v) is 4.47. The molecule has 28 heavy (non-hydrogen) atoms. The number of aryl methyl sites for hydroxylation is 1. The molecule has 2 fully saturated rings. The Bertz CT molecular complexity index is 998. The van der Waals surface area contributed by atoms with Crippen LogP contribution >= 0.6 is 0 Å². The zero-order valence-electron chi connectivity index (χ0n) is 16.0. The lowest BCUT2D eigenvalue weighted by Crippen LogP contribution is -2.32. The second-order valence-electron chi connectivity index (χ2n) is 7.87. The van der Waals surface area contributed by atoms with Crippen molar-refractivity contribution < 1.29 is 4.79 Å². The number of fused-ring (bicyclic) bond motifs is 1. The van der Waals surface area contributed by atoms with Gasteiger partial charge in [0.15, 0.2) is 0 Å². The van der Waals surface area contributed by atoms with Gasteiger partial charge in [-0.05, 0) is 36.5 Å². The molecule has 2 saturated heterocycles. The van der Waals surface area contributed by atoms with E-state index in [0.717, 1.165) is 48.7 Å². The highest BCUT2D eigenvalue weighted by Crippen LogP contribution is 2.31. The van der Waals surface area contributed by atoms with E-state index in [4.69, 9.17) is 5.10 Å². The fourth-order valence-electron chi connectivity index (χ4n) is 4.47. The van der Waals surface area contributed by atoms with Crippen molar-refractivity contribution in [3.8, 4) is 16.9 Å². The van der Waals surface area contributed by atoms with Crippen LogP contribution in [0.15, 0.2) is 60.8 Å². The molecule has 5 heteroatoms. The van der Waals surface area contributed by atoms with Crippen LogP contribution in [0.5, 0.6) is 0 Å². The third-order valence-electron chi connectivity index (χ3n) is 6.04. The first kappa shape index (κ1) is 17.2. The van der Waals surface area contributed by atoms with E-state index in [9.17, 15) is 4.79 Å². The van der Waals surface area contributed by atoms with E-state index < -0.39 is 0 Å². The van der Waals surface area contributed by atoms with Crippen molar-refractivity contribution in [3.63, 3.8) is 0 Å². The predicted octanol–water partition coefficient (Wildman–Crippen LogP) is 3.14. The van der Waals surface area contributed by atoms with E-state index in [-0.39, 0.29) is 5.91 Å². The average molecular weight is 372 g/mol. The third kappa shape index (κ3) is 2.92. The van der Waals surface area contributed by atoms with Crippen molar-refractivity contribution in [2.75, 3.05) is 26.2 Å². The SMILES string of the molecule is Cc1ccccc1-c1nn(-c2ccccc2)cc1C(=O)N1C[C@H]2CNC[C@H]2C1. The maximum atomic E-state index is 13.5. The van der Waals surface area contributed by atoms with Crippen LogP contribution in [0.4, 0.5) is 0 Å². The van der Waals surface area contributed by atoms with Crippen LogP contribution < -0.4 is 5.32 Å². The average Bonchev–Trinajstić information content (AvgIpc) is 3.43. The standard InChI is InChI=1S/C23H24N4O/c1-16-7-5-6-10-20(16)22-21(15-27(25-22)19-8-3-2-4-9-19)23(28)26-13-17-11-24-12-18(17)14-26/h2-10,15,17-18,24H,11-14H2,1H3/t17-,18+. The maximum absolute atomic E-state index is 13.5. The first-order valence-electron chi connectivity index (χ1n) is 9.92. The molecule has 0 saturated carbocycles. The Kier molecular flexibility index (Phi) is 4.24. The van der Waals surface area contributed by atoms with Gasteiger partial charge in [-0.3, -0.25) is 4.79 Å². The minimum Gasteiger partial charge on any atom is -0.338 e. The lowest BCUT2D eigenvalue weighted by Gasteiger charge is -2.17. The first-order valence-corrected chi connectivity index (χ1v) is 9.92. The van der Waals surface area contributed by atoms with Crippen molar-refractivity contribution in [3.05, 3.63) is 71.9 Å². The molecule has 2 aliphatic rings. The molecule has 2 atom stereocenters. The van der Waals surface area contributed by atoms with Crippen LogP contribution in [-0.4, -0.2) is 46.8 Å². The fraction of sp³-hybridized carbons (Fsp3) is 0.304. The molecule has 0 aliphatic carbocycles. The molecular weight excluding hydrogens is 348 g/mol. The van der Waals surface area contributed by atoms with Crippen LogP contribution in [0.3, 0.4) is 0 Å². The number of likely N-dealkylation sites (tertiary alicyclic amines) is 1. The van der Waals surface area contributed by atoms with Gasteiger partial charge in [-0.2, -0.15) is 5.10 Å². The van der Waals surface area contributed by atoms with Gasteiger partial charge in [-0.1, -0.05) is 42.5 Å². The summed E-state index contributed by atoms with van der Waals surface area (Å²) in [5.74, 6) is 1.25. The minimum atomic E-state index is 0.0924. The normalized spacial score (nSPS) is 21.1. The maximum Gasteiger partial charge on any atom is 0.257 e. The van der Waals surface area contributed by atoms with E-state index in [0.29, 0.717) is 17.4 Å². The third-order valence-corrected chi connectivity index (χ3v) is 6.04. The van der Waals surface area contributed by atoms with Crippen molar-refractivity contribution in [2.24, 2.45) is 11.8 Å². The number of carbonyl (C=O) groups excluding carboxylic acids is 1. The van der Waals surface area contributed by atoms with Crippen LogP contribution in [0.1, 0.15) is 15.9 Å². The molecule has 0 spiro atoms. The van der Waals surface area contributed by atoms with Gasteiger partial charge in [0.05, 0.1) is 11.3 Å². The van der Waals surface area contributed by atoms with Crippen LogP contribution in [-0.2, 0) is 0 Å². The molecule has 2 aliphatic heterocycles. The number of carbonyl (C=O) groups is 1. The molecule has 0 unspecified atom stereocenters. The number of rotatable bonds is 3. The number of para-hydroxylation sites is 1. The molecule has 0 radical (unpaired) electrons. The number of nitrogens with zero attached hydrogens (tertiary/aromatic N) is 3. The molecule has 142 valence electrons. The highest BCUT2D eigenvalue weighted by Gasteiger charge is 2.39. The smallest absolute Gasteiger partial charge is 0.257 e. The van der Waals surface area contributed by atoms with E-state index >= 15 is 0 Å². The lowest BCUT2D eigenvalue weighted by atomic mass is 10.0. The quantitative estimate of drug-likeness (QED) is 0.768. The zero-order valence-corrected chi connectivity index (χ0v) is 16.0. The Morgan fingerprint density at radius 3 is 2.39 bits per heavy atom. The van der Waals surface area contributed by atoms with Gasteiger partial charge in [0.2, 0.25) is 0 Å². The summed E-state index contributed by atoms with van der Waals surface area (Å²) in [6.45, 7) is 5.77. The molecule has 3 aromatic rings. The minimum absolute atomic E-state index is 0.0924. The van der Waals surface area contributed by atoms with Gasteiger partial charge in [0.1, 0.15) is 5.69 Å². The Labute approximate surface area is 165 Å². The second-order valence-corrected chi connectivity index (χ2v) is 7.87.